The smallest absolute Gasteiger partial charge is 0.198 e. The maximum atomic E-state index is 9.40. The van der Waals surface area contributed by atoms with Gasteiger partial charge in [0.1, 0.15) is 13.1 Å². The first kappa shape index (κ1) is 27.4. The Hall–Kier alpha value is -0.670. The van der Waals surface area contributed by atoms with Gasteiger partial charge >= 0.3 is 0 Å². The van der Waals surface area contributed by atoms with Gasteiger partial charge in [-0.25, -0.2) is 4.99 Å². The summed E-state index contributed by atoms with van der Waals surface area (Å²) in [4.78, 5) is 4.77. The summed E-state index contributed by atoms with van der Waals surface area (Å²) in [6.45, 7) is 8.63. The molecule has 176 valence electrons. The van der Waals surface area contributed by atoms with Crippen LogP contribution < -0.4 is 0 Å². The van der Waals surface area contributed by atoms with E-state index in [9.17, 15) is 5.11 Å². The number of quaternary nitrogens is 1. The van der Waals surface area contributed by atoms with Crippen LogP contribution in [-0.4, -0.2) is 48.2 Å². The molecule has 0 amide bonds. The third kappa shape index (κ3) is 12.2. The van der Waals surface area contributed by atoms with Crippen molar-refractivity contribution in [3.63, 3.8) is 0 Å². The molecular formula is C27H53N2O+. The van der Waals surface area contributed by atoms with Crippen molar-refractivity contribution in [1.29, 1.82) is 0 Å². The molecule has 1 unspecified atom stereocenters. The molecule has 1 N–H and O–H groups in total. The molecule has 0 fully saturated rings. The lowest BCUT2D eigenvalue weighted by molar-refractivity contribution is -0.835. The zero-order valence-corrected chi connectivity index (χ0v) is 20.6. The van der Waals surface area contributed by atoms with Crippen molar-refractivity contribution in [2.45, 2.75) is 123 Å². The number of hydrogen-bond acceptors (Lipinski definition) is 2. The molecule has 1 atom stereocenters. The lowest BCUT2D eigenvalue weighted by Crippen LogP contribution is -2.52. The van der Waals surface area contributed by atoms with E-state index in [1.54, 1.807) is 0 Å². The average molecular weight is 422 g/mol. The summed E-state index contributed by atoms with van der Waals surface area (Å²) in [5.74, 6) is 1.36. The highest BCUT2D eigenvalue weighted by molar-refractivity contribution is 5.76. The number of hydrogen-bond donors (Lipinski definition) is 1. The number of aliphatic hydroxyl groups is 1. The van der Waals surface area contributed by atoms with E-state index in [0.29, 0.717) is 0 Å². The van der Waals surface area contributed by atoms with Crippen LogP contribution in [0, 0.1) is 0 Å². The van der Waals surface area contributed by atoms with E-state index in [1.807, 2.05) is 0 Å². The van der Waals surface area contributed by atoms with Crippen molar-refractivity contribution in [2.24, 2.45) is 4.99 Å². The molecule has 0 aliphatic carbocycles. The summed E-state index contributed by atoms with van der Waals surface area (Å²) in [5, 5.41) is 9.40. The number of aliphatic hydroxyl groups excluding tert-OH is 1. The van der Waals surface area contributed by atoms with Crippen molar-refractivity contribution < 1.29 is 9.59 Å². The second kappa shape index (κ2) is 19.0. The van der Waals surface area contributed by atoms with E-state index < -0.39 is 0 Å². The van der Waals surface area contributed by atoms with E-state index in [4.69, 9.17) is 4.99 Å². The van der Waals surface area contributed by atoms with Crippen LogP contribution in [0.25, 0.3) is 0 Å². The zero-order chi connectivity index (χ0) is 21.8. The van der Waals surface area contributed by atoms with Crippen LogP contribution in [0.15, 0.2) is 17.1 Å². The Bertz CT molecular complexity index is 446. The van der Waals surface area contributed by atoms with Gasteiger partial charge < -0.3 is 5.11 Å². The van der Waals surface area contributed by atoms with Crippen LogP contribution in [0.1, 0.15) is 123 Å². The number of likely N-dealkylation sites (N-methyl/N-ethyl adjacent to an activating group) is 1. The Labute approximate surface area is 188 Å². The summed E-state index contributed by atoms with van der Waals surface area (Å²) < 4.78 is 0.951. The maximum Gasteiger partial charge on any atom is 0.198 e. The molecule has 3 nitrogen and oxygen atoms in total. The molecule has 1 rings (SSSR count). The zero-order valence-electron chi connectivity index (χ0n) is 20.6. The number of rotatable bonds is 21. The predicted octanol–water partition coefficient (Wildman–Crippen LogP) is 7.44. The van der Waals surface area contributed by atoms with Gasteiger partial charge in [-0.05, 0) is 33.1 Å². The minimum Gasteiger partial charge on any atom is -0.390 e. The van der Waals surface area contributed by atoms with Gasteiger partial charge in [-0.1, -0.05) is 95.6 Å². The number of allylic oxidation sites excluding steroid dienone is 2. The monoisotopic (exact) mass is 421 g/mol. The summed E-state index contributed by atoms with van der Waals surface area (Å²) >= 11 is 0. The second-order valence-electron chi connectivity index (χ2n) is 9.34. The van der Waals surface area contributed by atoms with Gasteiger partial charge in [0, 0.05) is 6.42 Å². The molecule has 0 aromatic heterocycles. The number of aliphatic imine (C=N–C) groups is 1. The summed E-state index contributed by atoms with van der Waals surface area (Å²) in [6.07, 6.45) is 28.1. The fourth-order valence-corrected chi connectivity index (χ4v) is 4.91. The molecule has 0 saturated carbocycles. The molecule has 3 heteroatoms. The maximum absolute atomic E-state index is 9.40. The lowest BCUT2D eigenvalue weighted by atomic mass is 10.0. The fourth-order valence-electron chi connectivity index (χ4n) is 4.91. The van der Waals surface area contributed by atoms with Crippen molar-refractivity contribution in [1.82, 2.24) is 0 Å². The van der Waals surface area contributed by atoms with Gasteiger partial charge in [-0.15, -0.1) is 0 Å². The highest BCUT2D eigenvalue weighted by Crippen LogP contribution is 2.20. The van der Waals surface area contributed by atoms with Crippen molar-refractivity contribution in [3.8, 4) is 0 Å². The lowest BCUT2D eigenvalue weighted by Gasteiger charge is -2.33. The first-order valence-electron chi connectivity index (χ1n) is 13.4. The van der Waals surface area contributed by atoms with Gasteiger partial charge in [-0.3, -0.25) is 4.48 Å². The molecule has 0 bridgehead atoms. The third-order valence-electron chi connectivity index (χ3n) is 7.01. The molecule has 0 aromatic rings. The molecule has 0 saturated heterocycles. The first-order chi connectivity index (χ1) is 14.8. The Morgan fingerprint density at radius 1 is 0.800 bits per heavy atom. The van der Waals surface area contributed by atoms with Crippen LogP contribution >= 0.6 is 0 Å². The minimum atomic E-state index is 0.282. The topological polar surface area (TPSA) is 32.6 Å². The van der Waals surface area contributed by atoms with Gasteiger partial charge in [-0.2, -0.15) is 0 Å². The molecule has 0 radical (unpaired) electrons. The molecular weight excluding hydrogens is 368 g/mol. The van der Waals surface area contributed by atoms with Crippen LogP contribution in [0.4, 0.5) is 0 Å². The van der Waals surface area contributed by atoms with E-state index >= 15 is 0 Å². The Morgan fingerprint density at radius 2 is 1.30 bits per heavy atom. The standard InChI is InChI=1S/C27H53N2O/c1-3-5-6-7-8-9-10-11-12-13-14-15-16-17-18-19-20-21-22-27-28-23-24-29(27,4-2)25-26-30/h3,5,30H,4,6-26H2,1-2H3/q+1/b5-3+. The molecule has 0 aromatic carbocycles. The van der Waals surface area contributed by atoms with Gasteiger partial charge in [0.25, 0.3) is 0 Å². The molecule has 1 heterocycles. The van der Waals surface area contributed by atoms with Crippen molar-refractivity contribution >= 4 is 5.84 Å². The van der Waals surface area contributed by atoms with Crippen LogP contribution in [0.5, 0.6) is 0 Å². The van der Waals surface area contributed by atoms with Gasteiger partial charge in [0.05, 0.1) is 19.7 Å². The van der Waals surface area contributed by atoms with E-state index in [2.05, 4.69) is 26.0 Å². The largest absolute Gasteiger partial charge is 0.390 e. The Kier molecular flexibility index (Phi) is 17.4. The fraction of sp³-hybridized carbons (Fsp3) is 0.889. The third-order valence-corrected chi connectivity index (χ3v) is 7.01. The summed E-state index contributed by atoms with van der Waals surface area (Å²) in [6, 6.07) is 0. The minimum absolute atomic E-state index is 0.282. The van der Waals surface area contributed by atoms with E-state index in [0.717, 1.165) is 37.1 Å². The first-order valence-corrected chi connectivity index (χ1v) is 13.4. The second-order valence-corrected chi connectivity index (χ2v) is 9.34. The molecule has 0 spiro atoms. The van der Waals surface area contributed by atoms with Gasteiger partial charge in [0.2, 0.25) is 0 Å². The SMILES string of the molecule is C/C=C/CCCCCCCCCCCCCCCCCC1=NCC[N+]1(CC)CCO. The molecule has 30 heavy (non-hydrogen) atoms. The van der Waals surface area contributed by atoms with Crippen LogP contribution in [0.3, 0.4) is 0 Å². The number of amidine groups is 1. The van der Waals surface area contributed by atoms with Crippen molar-refractivity contribution in [2.75, 3.05) is 32.8 Å². The summed E-state index contributed by atoms with van der Waals surface area (Å²) in [5.41, 5.74) is 0. The highest BCUT2D eigenvalue weighted by Gasteiger charge is 2.35. The van der Waals surface area contributed by atoms with Crippen LogP contribution in [-0.2, 0) is 0 Å². The highest BCUT2D eigenvalue weighted by atomic mass is 16.3. The molecule has 1 aliphatic rings. The Balaban J connectivity index is 1.83. The normalized spacial score (nSPS) is 19.1. The van der Waals surface area contributed by atoms with Crippen molar-refractivity contribution in [3.05, 3.63) is 12.2 Å². The van der Waals surface area contributed by atoms with Crippen LogP contribution in [0.2, 0.25) is 0 Å². The van der Waals surface area contributed by atoms with Gasteiger partial charge in [0.15, 0.2) is 5.84 Å². The average Bonchev–Trinajstić information content (AvgIpc) is 3.16. The summed E-state index contributed by atoms with van der Waals surface area (Å²) in [7, 11) is 0. The Morgan fingerprint density at radius 3 is 1.77 bits per heavy atom. The predicted molar refractivity (Wildman–Crippen MR) is 133 cm³/mol. The number of nitrogens with zero attached hydrogens (tertiary/aromatic N) is 2. The quantitative estimate of drug-likeness (QED) is 0.117. The number of unbranched alkanes of at least 4 members (excludes halogenated alkanes) is 15. The van der Waals surface area contributed by atoms with E-state index in [1.165, 1.54) is 109 Å². The van der Waals surface area contributed by atoms with E-state index in [-0.39, 0.29) is 6.61 Å². The molecule has 1 aliphatic heterocycles.